The summed E-state index contributed by atoms with van der Waals surface area (Å²) in [5.41, 5.74) is 14.4. The van der Waals surface area contributed by atoms with Gasteiger partial charge in [0.05, 0.1) is 29.0 Å². The third-order valence-corrected chi connectivity index (χ3v) is 10.9. The van der Waals surface area contributed by atoms with Crippen LogP contribution in [0.2, 0.25) is 0 Å². The minimum atomic E-state index is -0.333. The highest BCUT2D eigenvalue weighted by atomic mass is 15.1. The summed E-state index contributed by atoms with van der Waals surface area (Å²) in [5, 5.41) is 21.5. The van der Waals surface area contributed by atoms with E-state index < -0.39 is 0 Å². The summed E-state index contributed by atoms with van der Waals surface area (Å²) in [6.45, 7) is 4.66. The largest absolute Gasteiger partial charge is 0.310 e. The fourth-order valence-corrected chi connectivity index (χ4v) is 8.13. The average Bonchev–Trinajstić information content (AvgIpc) is 3.47. The van der Waals surface area contributed by atoms with E-state index in [2.05, 4.69) is 157 Å². The van der Waals surface area contributed by atoms with Gasteiger partial charge in [-0.15, -0.1) is 0 Å². The Labute approximate surface area is 322 Å². The highest BCUT2D eigenvalue weighted by molar-refractivity contribution is 6.10. The molecule has 0 heterocycles. The summed E-state index contributed by atoms with van der Waals surface area (Å²) in [7, 11) is 0. The lowest BCUT2D eigenvalue weighted by molar-refractivity contribution is 0.661. The molecular formula is C51H36N4. The van der Waals surface area contributed by atoms with E-state index in [9.17, 15) is 10.5 Å². The number of hydrogen-bond donors (Lipinski definition) is 0. The summed E-state index contributed by atoms with van der Waals surface area (Å²) in [5.74, 6) is 0. The van der Waals surface area contributed by atoms with Crippen molar-refractivity contribution in [1.82, 2.24) is 0 Å². The van der Waals surface area contributed by atoms with Gasteiger partial charge in [-0.25, -0.2) is 0 Å². The minimum absolute atomic E-state index is 0.333. The number of anilines is 6. The number of benzene rings is 8. The summed E-state index contributed by atoms with van der Waals surface area (Å²) in [6.07, 6.45) is 0. The van der Waals surface area contributed by atoms with Gasteiger partial charge in [-0.05, 0) is 130 Å². The van der Waals surface area contributed by atoms with Crippen molar-refractivity contribution < 1.29 is 0 Å². The first kappa shape index (κ1) is 33.4. The monoisotopic (exact) mass is 704 g/mol. The van der Waals surface area contributed by atoms with Gasteiger partial charge >= 0.3 is 0 Å². The third-order valence-electron chi connectivity index (χ3n) is 10.9. The highest BCUT2D eigenvalue weighted by Gasteiger charge is 2.38. The van der Waals surface area contributed by atoms with Gasteiger partial charge in [-0.3, -0.25) is 0 Å². The second-order valence-corrected chi connectivity index (χ2v) is 14.5. The van der Waals surface area contributed by atoms with Crippen LogP contribution < -0.4 is 9.80 Å². The molecule has 8 aromatic rings. The van der Waals surface area contributed by atoms with E-state index in [1.807, 2.05) is 60.7 Å². The Balaban J connectivity index is 1.21. The van der Waals surface area contributed by atoms with Crippen LogP contribution in [0.4, 0.5) is 34.1 Å². The highest BCUT2D eigenvalue weighted by Crippen LogP contribution is 2.55. The molecule has 8 aromatic carbocycles. The molecule has 0 aliphatic heterocycles. The van der Waals surface area contributed by atoms with E-state index in [0.29, 0.717) is 11.1 Å². The smallest absolute Gasteiger partial charge is 0.0991 e. The van der Waals surface area contributed by atoms with Crippen molar-refractivity contribution in [1.29, 1.82) is 10.5 Å². The lowest BCUT2D eigenvalue weighted by atomic mass is 9.81. The molecule has 0 saturated carbocycles. The van der Waals surface area contributed by atoms with Gasteiger partial charge in [0.15, 0.2) is 0 Å². The minimum Gasteiger partial charge on any atom is -0.310 e. The molecule has 0 amide bonds. The first-order valence-electron chi connectivity index (χ1n) is 18.5. The average molecular weight is 705 g/mol. The lowest BCUT2D eigenvalue weighted by Crippen LogP contribution is -2.18. The maximum Gasteiger partial charge on any atom is 0.0991 e. The molecule has 0 aromatic heterocycles. The Kier molecular flexibility index (Phi) is 8.23. The molecule has 0 unspecified atom stereocenters. The van der Waals surface area contributed by atoms with Crippen molar-refractivity contribution in [3.63, 3.8) is 0 Å². The molecule has 4 heteroatoms. The second-order valence-electron chi connectivity index (χ2n) is 14.5. The van der Waals surface area contributed by atoms with Gasteiger partial charge < -0.3 is 9.80 Å². The van der Waals surface area contributed by atoms with E-state index in [0.717, 1.165) is 45.1 Å². The van der Waals surface area contributed by atoms with Crippen LogP contribution in [0.5, 0.6) is 0 Å². The predicted molar refractivity (Wildman–Crippen MR) is 226 cm³/mol. The van der Waals surface area contributed by atoms with Gasteiger partial charge in [-0.1, -0.05) is 105 Å². The fourth-order valence-electron chi connectivity index (χ4n) is 8.13. The van der Waals surface area contributed by atoms with Crippen molar-refractivity contribution >= 4 is 44.9 Å². The van der Waals surface area contributed by atoms with E-state index in [-0.39, 0.29) is 5.41 Å². The van der Waals surface area contributed by atoms with Gasteiger partial charge in [0.1, 0.15) is 0 Å². The lowest BCUT2D eigenvalue weighted by Gasteiger charge is -2.30. The molecule has 1 aliphatic carbocycles. The number of para-hydroxylation sites is 1. The van der Waals surface area contributed by atoms with Crippen LogP contribution in [-0.4, -0.2) is 0 Å². The Morgan fingerprint density at radius 1 is 0.418 bits per heavy atom. The SMILES string of the molecule is CC1(C)c2cc(N(c3ccc(C#N)cc3)c3ccc(-c4ccccc4)cc3)ccc2-c2c1cc(N(c1ccccc1)c1ccc(C#N)cc1)c1ccccc21. The topological polar surface area (TPSA) is 54.1 Å². The number of rotatable bonds is 7. The van der Waals surface area contributed by atoms with Crippen molar-refractivity contribution in [3.8, 4) is 34.4 Å². The molecule has 55 heavy (non-hydrogen) atoms. The van der Waals surface area contributed by atoms with Crippen molar-refractivity contribution in [2.24, 2.45) is 0 Å². The molecule has 9 rings (SSSR count). The zero-order valence-electron chi connectivity index (χ0n) is 30.6. The zero-order chi connectivity index (χ0) is 37.5. The van der Waals surface area contributed by atoms with Crippen molar-refractivity contribution in [2.75, 3.05) is 9.80 Å². The van der Waals surface area contributed by atoms with Gasteiger partial charge in [-0.2, -0.15) is 10.5 Å². The Morgan fingerprint density at radius 3 is 1.49 bits per heavy atom. The maximum atomic E-state index is 9.59. The molecular weight excluding hydrogens is 669 g/mol. The molecule has 0 radical (unpaired) electrons. The number of nitriles is 2. The van der Waals surface area contributed by atoms with Gasteiger partial charge in [0.2, 0.25) is 0 Å². The van der Waals surface area contributed by atoms with Crippen molar-refractivity contribution in [3.05, 3.63) is 204 Å². The van der Waals surface area contributed by atoms with Crippen LogP contribution >= 0.6 is 0 Å². The number of nitrogens with zero attached hydrogens (tertiary/aromatic N) is 4. The number of hydrogen-bond acceptors (Lipinski definition) is 4. The Hall–Kier alpha value is -7.40. The van der Waals surface area contributed by atoms with Crippen LogP contribution in [0, 0.1) is 22.7 Å². The van der Waals surface area contributed by atoms with Crippen LogP contribution in [0.25, 0.3) is 33.0 Å². The van der Waals surface area contributed by atoms with Gasteiger partial charge in [0, 0.05) is 39.2 Å². The van der Waals surface area contributed by atoms with Crippen LogP contribution in [0.3, 0.4) is 0 Å². The molecule has 1 aliphatic rings. The quantitative estimate of drug-likeness (QED) is 0.166. The van der Waals surface area contributed by atoms with Crippen LogP contribution in [0.1, 0.15) is 36.1 Å². The molecule has 0 atom stereocenters. The molecule has 260 valence electrons. The molecule has 0 bridgehead atoms. The van der Waals surface area contributed by atoms with Crippen molar-refractivity contribution in [2.45, 2.75) is 19.3 Å². The summed E-state index contributed by atoms with van der Waals surface area (Å²) in [6, 6.07) is 67.7. The van der Waals surface area contributed by atoms with Crippen LogP contribution in [-0.2, 0) is 5.41 Å². The normalized spacial score (nSPS) is 12.3. The summed E-state index contributed by atoms with van der Waals surface area (Å²) < 4.78 is 0. The molecule has 0 fully saturated rings. The molecule has 4 nitrogen and oxygen atoms in total. The van der Waals surface area contributed by atoms with E-state index >= 15 is 0 Å². The van der Waals surface area contributed by atoms with E-state index in [1.165, 1.54) is 33.2 Å². The van der Waals surface area contributed by atoms with Crippen LogP contribution in [0.15, 0.2) is 182 Å². The Bertz CT molecular complexity index is 2770. The summed E-state index contributed by atoms with van der Waals surface area (Å²) in [4.78, 5) is 4.58. The van der Waals surface area contributed by atoms with Gasteiger partial charge in [0.25, 0.3) is 0 Å². The maximum absolute atomic E-state index is 9.59. The Morgan fingerprint density at radius 2 is 0.891 bits per heavy atom. The standard InChI is InChI=1S/C51H36N4/c1-51(2)47-31-43(54(40-23-17-35(33-52)18-24-40)41-27-21-38(22-28-41)37-11-5-3-6-12-37)29-30-46(47)50-45-16-10-9-15-44(45)49(32-48(50)51)55(39-13-7-4-8-14-39)42-25-19-36(34-53)20-26-42/h3-32H,1-2H3. The van der Waals surface area contributed by atoms with E-state index in [4.69, 9.17) is 0 Å². The third kappa shape index (κ3) is 5.78. The van der Waals surface area contributed by atoms with E-state index in [1.54, 1.807) is 0 Å². The second kappa shape index (κ2) is 13.5. The number of fused-ring (bicyclic) bond motifs is 5. The molecule has 0 saturated heterocycles. The first-order chi connectivity index (χ1) is 26.9. The first-order valence-corrected chi connectivity index (χ1v) is 18.5. The molecule has 0 spiro atoms. The summed E-state index contributed by atoms with van der Waals surface area (Å²) >= 11 is 0. The fraction of sp³-hybridized carbons (Fsp3) is 0.0588. The predicted octanol–water partition coefficient (Wildman–Crippen LogP) is 13.5. The zero-order valence-corrected chi connectivity index (χ0v) is 30.6. The molecule has 0 N–H and O–H groups in total.